The van der Waals surface area contributed by atoms with Crippen LogP contribution >= 0.6 is 27.3 Å². The smallest absolute Gasteiger partial charge is 0.0488 e. The summed E-state index contributed by atoms with van der Waals surface area (Å²) in [4.78, 5) is 0. The number of hydrogen-bond acceptors (Lipinski definition) is 2. The highest BCUT2D eigenvalue weighted by Gasteiger charge is 2.54. The van der Waals surface area contributed by atoms with Crippen LogP contribution in [0.1, 0.15) is 37.3 Å². The Kier molecular flexibility index (Phi) is 3.40. The Bertz CT molecular complexity index is 623. The molecule has 2 fully saturated rings. The van der Waals surface area contributed by atoms with Gasteiger partial charge in [0, 0.05) is 15.2 Å². The van der Waals surface area contributed by atoms with E-state index in [-0.39, 0.29) is 0 Å². The maximum Gasteiger partial charge on any atom is 0.0488 e. The minimum Gasteiger partial charge on any atom is -0.313 e. The molecule has 0 bridgehead atoms. The van der Waals surface area contributed by atoms with Gasteiger partial charge in [-0.05, 0) is 76.0 Å². The lowest BCUT2D eigenvalue weighted by atomic mass is 9.99. The van der Waals surface area contributed by atoms with Gasteiger partial charge in [-0.15, -0.1) is 11.3 Å². The molecule has 2 aliphatic rings. The second kappa shape index (κ2) is 5.11. The van der Waals surface area contributed by atoms with Crippen molar-refractivity contribution in [1.82, 2.24) is 5.32 Å². The molecular formula is C17H20BrNS. The van der Waals surface area contributed by atoms with E-state index in [4.69, 9.17) is 0 Å². The molecular weight excluding hydrogens is 330 g/mol. The van der Waals surface area contributed by atoms with E-state index in [0.717, 1.165) is 17.8 Å². The number of thiophene rings is 1. The molecule has 3 unspecified atom stereocenters. The molecule has 20 heavy (non-hydrogen) atoms. The van der Waals surface area contributed by atoms with E-state index in [1.807, 2.05) is 11.3 Å². The van der Waals surface area contributed by atoms with Crippen molar-refractivity contribution in [2.75, 3.05) is 7.05 Å². The molecule has 106 valence electrons. The topological polar surface area (TPSA) is 12.0 Å². The number of hydrogen-bond donors (Lipinski definition) is 1. The van der Waals surface area contributed by atoms with Gasteiger partial charge in [-0.25, -0.2) is 0 Å². The van der Waals surface area contributed by atoms with Crippen molar-refractivity contribution >= 4 is 37.4 Å². The van der Waals surface area contributed by atoms with E-state index in [0.29, 0.717) is 6.04 Å². The highest BCUT2D eigenvalue weighted by Crippen LogP contribution is 2.61. The van der Waals surface area contributed by atoms with Gasteiger partial charge in [0.25, 0.3) is 0 Å². The molecule has 0 radical (unpaired) electrons. The lowest BCUT2D eigenvalue weighted by molar-refractivity contribution is 0.480. The van der Waals surface area contributed by atoms with E-state index in [9.17, 15) is 0 Å². The molecule has 3 heteroatoms. The highest BCUT2D eigenvalue weighted by atomic mass is 79.9. The predicted octanol–water partition coefficient (Wildman–Crippen LogP) is 5.36. The Balaban J connectivity index is 1.72. The molecule has 2 saturated carbocycles. The largest absolute Gasteiger partial charge is 0.313 e. The minimum atomic E-state index is 0.547. The van der Waals surface area contributed by atoms with Crippen molar-refractivity contribution in [2.24, 2.45) is 17.8 Å². The van der Waals surface area contributed by atoms with E-state index in [1.165, 1.54) is 45.8 Å². The van der Waals surface area contributed by atoms with Gasteiger partial charge >= 0.3 is 0 Å². The van der Waals surface area contributed by atoms with Crippen molar-refractivity contribution in [3.63, 3.8) is 0 Å². The van der Waals surface area contributed by atoms with Gasteiger partial charge in [0.15, 0.2) is 0 Å². The third-order valence-electron chi connectivity index (χ3n) is 5.34. The van der Waals surface area contributed by atoms with Crippen LogP contribution in [0.25, 0.3) is 10.1 Å². The molecule has 1 heterocycles. The summed E-state index contributed by atoms with van der Waals surface area (Å²) >= 11 is 5.56. The van der Waals surface area contributed by atoms with Crippen molar-refractivity contribution < 1.29 is 0 Å². The monoisotopic (exact) mass is 349 g/mol. The first kappa shape index (κ1) is 13.3. The molecule has 2 aromatic rings. The van der Waals surface area contributed by atoms with Crippen molar-refractivity contribution in [3.8, 4) is 0 Å². The van der Waals surface area contributed by atoms with E-state index in [1.54, 1.807) is 0 Å². The number of fused-ring (bicyclic) bond motifs is 2. The quantitative estimate of drug-likeness (QED) is 0.786. The Hall–Kier alpha value is -0.380. The van der Waals surface area contributed by atoms with Crippen LogP contribution in [0.3, 0.4) is 0 Å². The van der Waals surface area contributed by atoms with Crippen LogP contribution in [-0.4, -0.2) is 7.05 Å². The first-order valence-electron chi connectivity index (χ1n) is 7.64. The predicted molar refractivity (Wildman–Crippen MR) is 90.3 cm³/mol. The minimum absolute atomic E-state index is 0.547. The number of nitrogens with one attached hydrogen (secondary N) is 1. The second-order valence-electron chi connectivity index (χ2n) is 6.26. The summed E-state index contributed by atoms with van der Waals surface area (Å²) in [7, 11) is 2.14. The van der Waals surface area contributed by atoms with Crippen LogP contribution in [0.4, 0.5) is 0 Å². The number of rotatable bonds is 3. The normalized spacial score (nSPS) is 30.2. The molecule has 1 aromatic carbocycles. The third-order valence-corrected chi connectivity index (χ3v) is 7.31. The van der Waals surface area contributed by atoms with Gasteiger partial charge in [-0.3, -0.25) is 0 Å². The molecule has 0 spiro atoms. The fourth-order valence-corrected chi connectivity index (χ4v) is 6.04. The summed E-state index contributed by atoms with van der Waals surface area (Å²) < 4.78 is 2.63. The Morgan fingerprint density at radius 2 is 2.00 bits per heavy atom. The van der Waals surface area contributed by atoms with E-state index in [2.05, 4.69) is 51.9 Å². The van der Waals surface area contributed by atoms with Gasteiger partial charge in [-0.1, -0.05) is 25.0 Å². The van der Waals surface area contributed by atoms with Crippen LogP contribution in [0.5, 0.6) is 0 Å². The summed E-state index contributed by atoms with van der Waals surface area (Å²) in [6.45, 7) is 0. The second-order valence-corrected chi connectivity index (χ2v) is 8.00. The maximum absolute atomic E-state index is 3.68. The summed E-state index contributed by atoms with van der Waals surface area (Å²) in [5, 5.41) is 7.44. The Labute approximate surface area is 132 Å². The van der Waals surface area contributed by atoms with Crippen LogP contribution in [0, 0.1) is 17.8 Å². The standard InChI is InChI=1S/C17H20BrNS/c1-19-16(15-10-5-2-3-6-11(10)15)13-9-20-17-12(13)7-4-8-14(17)18/h4,7-11,15-16,19H,2-3,5-6H2,1H3. The molecule has 1 aromatic heterocycles. The first-order valence-corrected chi connectivity index (χ1v) is 9.31. The highest BCUT2D eigenvalue weighted by molar-refractivity contribution is 9.10. The fourth-order valence-electron chi connectivity index (χ4n) is 4.38. The summed E-state index contributed by atoms with van der Waals surface area (Å²) in [6, 6.07) is 7.14. The van der Waals surface area contributed by atoms with E-state index < -0.39 is 0 Å². The number of halogens is 1. The SMILES string of the molecule is CNC(c1csc2c(Br)cccc12)C1C2CCCCC21. The van der Waals surface area contributed by atoms with Crippen LogP contribution in [-0.2, 0) is 0 Å². The van der Waals surface area contributed by atoms with Gasteiger partial charge in [-0.2, -0.15) is 0 Å². The molecule has 1 nitrogen and oxygen atoms in total. The van der Waals surface area contributed by atoms with Gasteiger partial charge < -0.3 is 5.32 Å². The van der Waals surface area contributed by atoms with Crippen molar-refractivity contribution in [2.45, 2.75) is 31.7 Å². The molecule has 4 rings (SSSR count). The molecule has 1 N–H and O–H groups in total. The van der Waals surface area contributed by atoms with E-state index >= 15 is 0 Å². The van der Waals surface area contributed by atoms with Crippen molar-refractivity contribution in [1.29, 1.82) is 0 Å². The zero-order valence-electron chi connectivity index (χ0n) is 11.7. The van der Waals surface area contributed by atoms with Gasteiger partial charge in [0.05, 0.1) is 0 Å². The summed E-state index contributed by atoms with van der Waals surface area (Å²) in [6.07, 6.45) is 5.81. The van der Waals surface area contributed by atoms with Gasteiger partial charge in [0.1, 0.15) is 0 Å². The van der Waals surface area contributed by atoms with Crippen molar-refractivity contribution in [3.05, 3.63) is 33.6 Å². The summed E-state index contributed by atoms with van der Waals surface area (Å²) in [5.74, 6) is 2.85. The van der Waals surface area contributed by atoms with Crippen LogP contribution in [0.15, 0.2) is 28.1 Å². The summed E-state index contributed by atoms with van der Waals surface area (Å²) in [5.41, 5.74) is 1.52. The fraction of sp³-hybridized carbons (Fsp3) is 0.529. The maximum atomic E-state index is 3.68. The molecule has 3 atom stereocenters. The molecule has 0 aliphatic heterocycles. The Morgan fingerprint density at radius 3 is 2.70 bits per heavy atom. The first-order chi connectivity index (χ1) is 9.81. The average molecular weight is 350 g/mol. The molecule has 0 saturated heterocycles. The zero-order valence-corrected chi connectivity index (χ0v) is 14.1. The van der Waals surface area contributed by atoms with Crippen LogP contribution < -0.4 is 5.32 Å². The Morgan fingerprint density at radius 1 is 1.25 bits per heavy atom. The zero-order chi connectivity index (χ0) is 13.7. The molecule has 0 amide bonds. The molecule has 2 aliphatic carbocycles. The number of benzene rings is 1. The third kappa shape index (κ3) is 1.98. The average Bonchev–Trinajstić information content (AvgIpc) is 3.02. The van der Waals surface area contributed by atoms with Gasteiger partial charge in [0.2, 0.25) is 0 Å². The lowest BCUT2D eigenvalue weighted by Crippen LogP contribution is -2.19. The van der Waals surface area contributed by atoms with Crippen LogP contribution in [0.2, 0.25) is 0 Å². The lowest BCUT2D eigenvalue weighted by Gasteiger charge is -2.16.